The van der Waals surface area contributed by atoms with Crippen molar-refractivity contribution in [2.75, 3.05) is 13.7 Å². The summed E-state index contributed by atoms with van der Waals surface area (Å²) in [4.78, 5) is 11.3. The predicted octanol–water partition coefficient (Wildman–Crippen LogP) is 1.72. The van der Waals surface area contributed by atoms with Crippen molar-refractivity contribution in [3.8, 4) is 0 Å². The molecule has 1 aliphatic carbocycles. The molecule has 1 saturated carbocycles. The number of rotatable bonds is 4. The molecule has 1 amide bonds. The van der Waals surface area contributed by atoms with Crippen LogP contribution in [0.3, 0.4) is 0 Å². The molecular formula is C11H21NO2. The van der Waals surface area contributed by atoms with Crippen LogP contribution in [0, 0.1) is 5.92 Å². The van der Waals surface area contributed by atoms with Gasteiger partial charge in [-0.05, 0) is 12.8 Å². The highest BCUT2D eigenvalue weighted by Gasteiger charge is 2.25. The number of amides is 1. The van der Waals surface area contributed by atoms with E-state index >= 15 is 0 Å². The summed E-state index contributed by atoms with van der Waals surface area (Å²) in [6.07, 6.45) is 5.37. The van der Waals surface area contributed by atoms with Crippen molar-refractivity contribution in [3.63, 3.8) is 0 Å². The van der Waals surface area contributed by atoms with Gasteiger partial charge in [0.1, 0.15) is 0 Å². The van der Waals surface area contributed by atoms with Crippen molar-refractivity contribution in [2.45, 2.75) is 45.1 Å². The third-order valence-corrected chi connectivity index (χ3v) is 2.96. The molecule has 0 aliphatic heterocycles. The minimum atomic E-state index is 0.165. The molecule has 3 nitrogen and oxygen atoms in total. The summed E-state index contributed by atoms with van der Waals surface area (Å²) in [5, 5.41) is 3.08. The topological polar surface area (TPSA) is 38.3 Å². The fraction of sp³-hybridized carbons (Fsp3) is 0.909. The van der Waals surface area contributed by atoms with Crippen molar-refractivity contribution in [1.29, 1.82) is 0 Å². The van der Waals surface area contributed by atoms with E-state index in [0.717, 1.165) is 13.0 Å². The molecule has 14 heavy (non-hydrogen) atoms. The average molecular weight is 199 g/mol. The van der Waals surface area contributed by atoms with Gasteiger partial charge in [-0.3, -0.25) is 4.79 Å². The molecule has 0 heterocycles. The van der Waals surface area contributed by atoms with Crippen LogP contribution in [0.15, 0.2) is 0 Å². The Morgan fingerprint density at radius 1 is 1.43 bits per heavy atom. The average Bonchev–Trinajstić information content (AvgIpc) is 2.21. The van der Waals surface area contributed by atoms with Crippen LogP contribution in [0.1, 0.15) is 39.0 Å². The van der Waals surface area contributed by atoms with E-state index in [1.807, 2.05) is 6.92 Å². The van der Waals surface area contributed by atoms with Crippen LogP contribution in [0.25, 0.3) is 0 Å². The van der Waals surface area contributed by atoms with E-state index in [2.05, 4.69) is 5.32 Å². The second-order valence-electron chi connectivity index (χ2n) is 4.03. The normalized spacial score (nSPS) is 27.3. The Kier molecular flexibility index (Phi) is 4.94. The molecule has 3 heteroatoms. The summed E-state index contributed by atoms with van der Waals surface area (Å²) in [6.45, 7) is 2.66. The maximum absolute atomic E-state index is 11.3. The highest BCUT2D eigenvalue weighted by Crippen LogP contribution is 2.24. The summed E-state index contributed by atoms with van der Waals surface area (Å²) in [5.74, 6) is 0.683. The smallest absolute Gasteiger partial charge is 0.219 e. The molecule has 0 aromatic carbocycles. The largest absolute Gasteiger partial charge is 0.384 e. The molecule has 0 bridgehead atoms. The van der Waals surface area contributed by atoms with Gasteiger partial charge in [0.2, 0.25) is 5.91 Å². The summed E-state index contributed by atoms with van der Waals surface area (Å²) in [7, 11) is 1.73. The molecule has 2 unspecified atom stereocenters. The molecule has 0 radical (unpaired) electrons. The van der Waals surface area contributed by atoms with Gasteiger partial charge >= 0.3 is 0 Å². The van der Waals surface area contributed by atoms with Crippen molar-refractivity contribution in [2.24, 2.45) is 5.92 Å². The number of nitrogens with one attached hydrogen (secondary N) is 1. The Hall–Kier alpha value is -0.570. The predicted molar refractivity (Wildman–Crippen MR) is 56.1 cm³/mol. The zero-order chi connectivity index (χ0) is 10.4. The van der Waals surface area contributed by atoms with Gasteiger partial charge in [-0.1, -0.05) is 19.8 Å². The molecule has 82 valence electrons. The van der Waals surface area contributed by atoms with Crippen LogP contribution in [0.2, 0.25) is 0 Å². The second kappa shape index (κ2) is 6.02. The third-order valence-electron chi connectivity index (χ3n) is 2.96. The molecular weight excluding hydrogens is 178 g/mol. The lowest BCUT2D eigenvalue weighted by Gasteiger charge is -2.31. The van der Waals surface area contributed by atoms with E-state index in [-0.39, 0.29) is 5.91 Å². The molecule has 0 aromatic rings. The van der Waals surface area contributed by atoms with Crippen LogP contribution in [-0.2, 0) is 9.53 Å². The van der Waals surface area contributed by atoms with E-state index in [9.17, 15) is 4.79 Å². The number of ether oxygens (including phenoxy) is 1. The standard InChI is InChI=1S/C11H21NO2/c1-3-11(13)12-10-7-5-4-6-9(10)8-14-2/h9-10H,3-8H2,1-2H3,(H,12,13). The minimum Gasteiger partial charge on any atom is -0.384 e. The van der Waals surface area contributed by atoms with Gasteiger partial charge in [-0.2, -0.15) is 0 Å². The molecule has 1 aliphatic rings. The zero-order valence-electron chi connectivity index (χ0n) is 9.21. The SMILES string of the molecule is CCC(=O)NC1CCCCC1COC. The van der Waals surface area contributed by atoms with Gasteiger partial charge in [0.15, 0.2) is 0 Å². The Morgan fingerprint density at radius 2 is 2.14 bits per heavy atom. The van der Waals surface area contributed by atoms with Crippen molar-refractivity contribution < 1.29 is 9.53 Å². The fourth-order valence-corrected chi connectivity index (χ4v) is 2.12. The first kappa shape index (κ1) is 11.5. The Bertz CT molecular complexity index is 180. The molecule has 0 saturated heterocycles. The lowest BCUT2D eigenvalue weighted by atomic mass is 9.85. The van der Waals surface area contributed by atoms with Crippen molar-refractivity contribution >= 4 is 5.91 Å². The van der Waals surface area contributed by atoms with Gasteiger partial charge in [-0.25, -0.2) is 0 Å². The van der Waals surface area contributed by atoms with Crippen LogP contribution in [-0.4, -0.2) is 25.7 Å². The Labute approximate surface area is 86.2 Å². The number of methoxy groups -OCH3 is 1. The maximum Gasteiger partial charge on any atom is 0.219 e. The Morgan fingerprint density at radius 3 is 2.79 bits per heavy atom. The summed E-state index contributed by atoms with van der Waals surface area (Å²) >= 11 is 0. The third kappa shape index (κ3) is 3.29. The first-order valence-corrected chi connectivity index (χ1v) is 5.56. The van der Waals surface area contributed by atoms with E-state index < -0.39 is 0 Å². The van der Waals surface area contributed by atoms with E-state index in [1.165, 1.54) is 19.3 Å². The van der Waals surface area contributed by atoms with E-state index in [0.29, 0.717) is 18.4 Å². The van der Waals surface area contributed by atoms with Gasteiger partial charge in [0.05, 0.1) is 6.61 Å². The van der Waals surface area contributed by atoms with Gasteiger partial charge < -0.3 is 10.1 Å². The monoisotopic (exact) mass is 199 g/mol. The van der Waals surface area contributed by atoms with Gasteiger partial charge in [0, 0.05) is 25.5 Å². The fourth-order valence-electron chi connectivity index (χ4n) is 2.12. The highest BCUT2D eigenvalue weighted by atomic mass is 16.5. The van der Waals surface area contributed by atoms with Crippen LogP contribution < -0.4 is 5.32 Å². The maximum atomic E-state index is 11.3. The summed E-state index contributed by atoms with van der Waals surface area (Å²) < 4.78 is 5.18. The van der Waals surface area contributed by atoms with Crippen molar-refractivity contribution in [3.05, 3.63) is 0 Å². The second-order valence-corrected chi connectivity index (χ2v) is 4.03. The first-order chi connectivity index (χ1) is 6.77. The first-order valence-electron chi connectivity index (χ1n) is 5.56. The Balaban J connectivity index is 2.41. The van der Waals surface area contributed by atoms with Gasteiger partial charge in [-0.15, -0.1) is 0 Å². The number of carbonyl (C=O) groups excluding carboxylic acids is 1. The van der Waals surface area contributed by atoms with E-state index in [1.54, 1.807) is 7.11 Å². The van der Waals surface area contributed by atoms with Crippen LogP contribution in [0.4, 0.5) is 0 Å². The molecule has 0 spiro atoms. The minimum absolute atomic E-state index is 0.165. The summed E-state index contributed by atoms with van der Waals surface area (Å²) in [6, 6.07) is 0.344. The lowest BCUT2D eigenvalue weighted by molar-refractivity contribution is -0.122. The van der Waals surface area contributed by atoms with Gasteiger partial charge in [0.25, 0.3) is 0 Å². The zero-order valence-corrected chi connectivity index (χ0v) is 9.21. The number of carbonyl (C=O) groups is 1. The quantitative estimate of drug-likeness (QED) is 0.748. The molecule has 2 atom stereocenters. The van der Waals surface area contributed by atoms with Crippen LogP contribution >= 0.6 is 0 Å². The highest BCUT2D eigenvalue weighted by molar-refractivity contribution is 5.75. The lowest BCUT2D eigenvalue weighted by Crippen LogP contribution is -2.43. The van der Waals surface area contributed by atoms with Crippen molar-refractivity contribution in [1.82, 2.24) is 5.32 Å². The summed E-state index contributed by atoms with van der Waals surface area (Å²) in [5.41, 5.74) is 0. The number of hydrogen-bond donors (Lipinski definition) is 1. The molecule has 0 aromatic heterocycles. The van der Waals surface area contributed by atoms with Crippen LogP contribution in [0.5, 0.6) is 0 Å². The van der Waals surface area contributed by atoms with E-state index in [4.69, 9.17) is 4.74 Å². The molecule has 1 rings (SSSR count). The molecule has 1 fully saturated rings. The number of hydrogen-bond acceptors (Lipinski definition) is 2. The molecule has 1 N–H and O–H groups in total.